The Bertz CT molecular complexity index is 866. The van der Waals surface area contributed by atoms with Crippen molar-refractivity contribution in [3.8, 4) is 5.75 Å². The maximum absolute atomic E-state index is 12.7. The Morgan fingerprint density at radius 1 is 1.23 bits per heavy atom. The average Bonchev–Trinajstić information content (AvgIpc) is 2.99. The van der Waals surface area contributed by atoms with Crippen LogP contribution in [-0.4, -0.2) is 25.5 Å². The van der Waals surface area contributed by atoms with Gasteiger partial charge in [0.2, 0.25) is 11.8 Å². The van der Waals surface area contributed by atoms with Crippen LogP contribution in [0.5, 0.6) is 5.75 Å². The van der Waals surface area contributed by atoms with Crippen molar-refractivity contribution in [2.24, 2.45) is 5.92 Å². The third-order valence-corrected chi connectivity index (χ3v) is 4.81. The standard InChI is InChI=1S/C20H21ClN2O3/c1-12-4-7-18(26-3)16(8-12)22-20(25)14-9-19(24)23(11-14)17-10-15(21)6-5-13(17)2/h4-8,10,14H,9,11H2,1-3H3,(H,22,25). The number of nitrogens with zero attached hydrogens (tertiary/aromatic N) is 1. The van der Waals surface area contributed by atoms with E-state index in [1.54, 1.807) is 24.1 Å². The summed E-state index contributed by atoms with van der Waals surface area (Å²) in [7, 11) is 1.56. The highest BCUT2D eigenvalue weighted by Crippen LogP contribution is 2.32. The van der Waals surface area contributed by atoms with Crippen LogP contribution < -0.4 is 15.0 Å². The summed E-state index contributed by atoms with van der Waals surface area (Å²) >= 11 is 6.07. The second-order valence-electron chi connectivity index (χ2n) is 6.53. The number of halogens is 1. The Hall–Kier alpha value is -2.53. The number of anilines is 2. The van der Waals surface area contributed by atoms with Crippen LogP contribution in [0.3, 0.4) is 0 Å². The molecule has 3 rings (SSSR count). The van der Waals surface area contributed by atoms with Gasteiger partial charge in [-0.05, 0) is 49.2 Å². The van der Waals surface area contributed by atoms with Gasteiger partial charge in [-0.25, -0.2) is 0 Å². The molecule has 1 fully saturated rings. The van der Waals surface area contributed by atoms with Crippen molar-refractivity contribution >= 4 is 34.8 Å². The molecule has 6 heteroatoms. The van der Waals surface area contributed by atoms with Crippen LogP contribution in [0.25, 0.3) is 0 Å². The summed E-state index contributed by atoms with van der Waals surface area (Å²) in [6.07, 6.45) is 0.173. The third-order valence-electron chi connectivity index (χ3n) is 4.57. The number of rotatable bonds is 4. The molecule has 0 aliphatic carbocycles. The van der Waals surface area contributed by atoms with Crippen molar-refractivity contribution in [3.05, 3.63) is 52.5 Å². The first kappa shape index (κ1) is 18.3. The molecule has 26 heavy (non-hydrogen) atoms. The van der Waals surface area contributed by atoms with Gasteiger partial charge in [0.1, 0.15) is 5.75 Å². The van der Waals surface area contributed by atoms with Crippen molar-refractivity contribution in [1.82, 2.24) is 0 Å². The summed E-state index contributed by atoms with van der Waals surface area (Å²) in [5.41, 5.74) is 3.33. The third kappa shape index (κ3) is 3.68. The lowest BCUT2D eigenvalue weighted by atomic mass is 10.1. The fourth-order valence-corrected chi connectivity index (χ4v) is 3.31. The molecule has 1 heterocycles. The van der Waals surface area contributed by atoms with Crippen LogP contribution in [0.4, 0.5) is 11.4 Å². The molecule has 1 saturated heterocycles. The maximum atomic E-state index is 12.7. The SMILES string of the molecule is COc1ccc(C)cc1NC(=O)C1CC(=O)N(c2cc(Cl)ccc2C)C1. The molecule has 0 spiro atoms. The summed E-state index contributed by atoms with van der Waals surface area (Å²) in [6, 6.07) is 11.0. The van der Waals surface area contributed by atoms with E-state index in [9.17, 15) is 9.59 Å². The molecule has 2 aromatic rings. The number of ether oxygens (including phenoxy) is 1. The van der Waals surface area contributed by atoms with E-state index in [0.717, 1.165) is 16.8 Å². The first-order chi connectivity index (χ1) is 12.4. The Morgan fingerprint density at radius 2 is 2.00 bits per heavy atom. The van der Waals surface area contributed by atoms with Gasteiger partial charge in [-0.1, -0.05) is 23.7 Å². The lowest BCUT2D eigenvalue weighted by molar-refractivity contribution is -0.122. The molecule has 136 valence electrons. The van der Waals surface area contributed by atoms with E-state index in [1.807, 2.05) is 38.1 Å². The van der Waals surface area contributed by atoms with Gasteiger partial charge in [-0.3, -0.25) is 9.59 Å². The quantitative estimate of drug-likeness (QED) is 0.883. The summed E-state index contributed by atoms with van der Waals surface area (Å²) in [6.45, 7) is 4.20. The summed E-state index contributed by atoms with van der Waals surface area (Å²) in [5.74, 6) is -0.0990. The molecular weight excluding hydrogens is 352 g/mol. The first-order valence-electron chi connectivity index (χ1n) is 8.41. The zero-order chi connectivity index (χ0) is 18.8. The van der Waals surface area contributed by atoms with Gasteiger partial charge >= 0.3 is 0 Å². The summed E-state index contributed by atoms with van der Waals surface area (Å²) in [5, 5.41) is 3.46. The summed E-state index contributed by atoms with van der Waals surface area (Å²) < 4.78 is 5.30. The highest BCUT2D eigenvalue weighted by molar-refractivity contribution is 6.31. The van der Waals surface area contributed by atoms with Crippen LogP contribution in [0.15, 0.2) is 36.4 Å². The number of carbonyl (C=O) groups excluding carboxylic acids is 2. The van der Waals surface area contributed by atoms with Gasteiger partial charge in [0.05, 0.1) is 18.7 Å². The molecule has 2 amide bonds. The molecule has 5 nitrogen and oxygen atoms in total. The second kappa shape index (κ2) is 7.38. The van der Waals surface area contributed by atoms with E-state index in [4.69, 9.17) is 16.3 Å². The van der Waals surface area contributed by atoms with Gasteiger partial charge in [0, 0.05) is 23.7 Å². The van der Waals surface area contributed by atoms with Crippen molar-refractivity contribution in [3.63, 3.8) is 0 Å². The van der Waals surface area contributed by atoms with Gasteiger partial charge in [-0.2, -0.15) is 0 Å². The lowest BCUT2D eigenvalue weighted by Gasteiger charge is -2.19. The maximum Gasteiger partial charge on any atom is 0.229 e. The molecule has 0 saturated carbocycles. The first-order valence-corrected chi connectivity index (χ1v) is 8.79. The lowest BCUT2D eigenvalue weighted by Crippen LogP contribution is -2.28. The second-order valence-corrected chi connectivity index (χ2v) is 6.97. The van der Waals surface area contributed by atoms with Gasteiger partial charge in [0.25, 0.3) is 0 Å². The Balaban J connectivity index is 1.77. The van der Waals surface area contributed by atoms with Crippen molar-refractivity contribution in [1.29, 1.82) is 0 Å². The molecule has 1 unspecified atom stereocenters. The van der Waals surface area contributed by atoms with E-state index >= 15 is 0 Å². The van der Waals surface area contributed by atoms with Crippen molar-refractivity contribution in [2.75, 3.05) is 23.9 Å². The molecule has 1 aliphatic heterocycles. The smallest absolute Gasteiger partial charge is 0.229 e. The molecule has 0 radical (unpaired) electrons. The molecule has 1 N–H and O–H groups in total. The van der Waals surface area contributed by atoms with E-state index in [1.165, 1.54) is 0 Å². The number of aryl methyl sites for hydroxylation is 2. The van der Waals surface area contributed by atoms with E-state index in [-0.39, 0.29) is 18.2 Å². The van der Waals surface area contributed by atoms with Crippen LogP contribution in [-0.2, 0) is 9.59 Å². The number of nitrogens with one attached hydrogen (secondary N) is 1. The minimum absolute atomic E-state index is 0.0771. The molecule has 0 aromatic heterocycles. The highest BCUT2D eigenvalue weighted by atomic mass is 35.5. The normalized spacial score (nSPS) is 16.7. The fraction of sp³-hybridized carbons (Fsp3) is 0.300. The Morgan fingerprint density at radius 3 is 2.73 bits per heavy atom. The zero-order valence-corrected chi connectivity index (χ0v) is 15.8. The topological polar surface area (TPSA) is 58.6 Å². The summed E-state index contributed by atoms with van der Waals surface area (Å²) in [4.78, 5) is 26.8. The Kier molecular flexibility index (Phi) is 5.18. The number of benzene rings is 2. The zero-order valence-electron chi connectivity index (χ0n) is 15.0. The monoisotopic (exact) mass is 372 g/mol. The van der Waals surface area contributed by atoms with Crippen LogP contribution in [0.2, 0.25) is 5.02 Å². The number of hydrogen-bond donors (Lipinski definition) is 1. The largest absolute Gasteiger partial charge is 0.495 e. The average molecular weight is 373 g/mol. The van der Waals surface area contributed by atoms with Gasteiger partial charge in [0.15, 0.2) is 0 Å². The number of hydrogen-bond acceptors (Lipinski definition) is 3. The fourth-order valence-electron chi connectivity index (χ4n) is 3.14. The molecule has 2 aromatic carbocycles. The minimum atomic E-state index is -0.425. The van der Waals surface area contributed by atoms with Crippen LogP contribution in [0, 0.1) is 19.8 Å². The molecule has 0 bridgehead atoms. The minimum Gasteiger partial charge on any atom is -0.495 e. The number of amides is 2. The van der Waals surface area contributed by atoms with Crippen molar-refractivity contribution in [2.45, 2.75) is 20.3 Å². The molecular formula is C20H21ClN2O3. The van der Waals surface area contributed by atoms with Gasteiger partial charge in [-0.15, -0.1) is 0 Å². The molecule has 1 aliphatic rings. The number of carbonyl (C=O) groups is 2. The van der Waals surface area contributed by atoms with Crippen LogP contribution >= 0.6 is 11.6 Å². The predicted molar refractivity (Wildman–Crippen MR) is 103 cm³/mol. The Labute approximate surface area is 157 Å². The number of methoxy groups -OCH3 is 1. The molecule has 1 atom stereocenters. The van der Waals surface area contributed by atoms with E-state index in [0.29, 0.717) is 23.0 Å². The van der Waals surface area contributed by atoms with Gasteiger partial charge < -0.3 is 15.0 Å². The van der Waals surface area contributed by atoms with Crippen LogP contribution in [0.1, 0.15) is 17.5 Å². The highest BCUT2D eigenvalue weighted by Gasteiger charge is 2.36. The predicted octanol–water partition coefficient (Wildman–Crippen LogP) is 3.96. The van der Waals surface area contributed by atoms with Crippen molar-refractivity contribution < 1.29 is 14.3 Å². The van der Waals surface area contributed by atoms with E-state index < -0.39 is 5.92 Å². The van der Waals surface area contributed by atoms with E-state index in [2.05, 4.69) is 5.32 Å².